The number of nitrogens with one attached hydrogen (secondary N) is 1. The Morgan fingerprint density at radius 3 is 1.06 bits per heavy atom. The number of unbranched alkanes of at least 4 members (excludes halogenated alkanes) is 3. The van der Waals surface area contributed by atoms with Crippen LogP contribution in [0.5, 0.6) is 0 Å². The normalized spacial score (nSPS) is 26.7. The highest BCUT2D eigenvalue weighted by atomic mass is 32.2. The van der Waals surface area contributed by atoms with E-state index in [9.17, 15) is 51.1 Å². The fraction of sp³-hybridized carbons (Fsp3) is 0.600. The Morgan fingerprint density at radius 2 is 0.690 bits per heavy atom. The number of ether oxygens (including phenoxy) is 5. The van der Waals surface area contributed by atoms with Crippen molar-refractivity contribution in [2.24, 2.45) is 0 Å². The highest BCUT2D eigenvalue weighted by Crippen LogP contribution is 2.48. The van der Waals surface area contributed by atoms with Gasteiger partial charge < -0.3 is 109 Å². The molecule has 37 nitrogen and oxygen atoms in total. The summed E-state index contributed by atoms with van der Waals surface area (Å²) < 4.78 is 38.5. The van der Waals surface area contributed by atoms with E-state index in [1.165, 1.54) is 10.9 Å². The number of hydrogen-bond donors (Lipinski definition) is 16. The molecule has 129 heavy (non-hydrogen) atoms. The monoisotopic (exact) mass is 1920 g/mol. The van der Waals surface area contributed by atoms with Crippen molar-refractivity contribution >= 4 is 180 Å². The summed E-state index contributed by atoms with van der Waals surface area (Å²) in [6, 6.07) is 6.89. The molecule has 5 unspecified atom stereocenters. The summed E-state index contributed by atoms with van der Waals surface area (Å²) in [6.07, 6.45) is 27.7. The van der Waals surface area contributed by atoms with E-state index in [0.29, 0.717) is 121 Å². The van der Waals surface area contributed by atoms with Crippen LogP contribution in [0.2, 0.25) is 0 Å². The van der Waals surface area contributed by atoms with Crippen LogP contribution < -0.4 is 34.0 Å². The van der Waals surface area contributed by atoms with E-state index in [0.717, 1.165) is 80.1 Å². The molecule has 0 radical (unpaired) electrons. The molecule has 0 amide bonds. The Bertz CT molecular complexity index is 5720. The maximum Gasteiger partial charge on any atom is 0.204 e. The summed E-state index contributed by atoms with van der Waals surface area (Å²) in [5.41, 5.74) is 37.8. The molecule has 15 rings (SSSR count). The highest BCUT2D eigenvalue weighted by Gasteiger charge is 2.50. The van der Waals surface area contributed by atoms with Crippen molar-refractivity contribution in [3.05, 3.63) is 67.5 Å². The number of pyridine rings is 4. The number of imidazole rings is 5. The van der Waals surface area contributed by atoms with E-state index in [1.807, 2.05) is 13.1 Å². The quantitative estimate of drug-likeness (QED) is 0.0117. The van der Waals surface area contributed by atoms with Crippen molar-refractivity contribution in [2.75, 3.05) is 150 Å². The number of thioether (sulfide) groups is 2. The second-order valence-corrected chi connectivity index (χ2v) is 60.9. The second-order valence-electron chi connectivity index (χ2n) is 37.2. The van der Waals surface area contributed by atoms with Gasteiger partial charge in [-0.3, -0.25) is 22.8 Å². The zero-order chi connectivity index (χ0) is 94.4. The summed E-state index contributed by atoms with van der Waals surface area (Å²) >= 11 is 3.20. The van der Waals surface area contributed by atoms with Gasteiger partial charge in [-0.1, -0.05) is 56.6 Å². The molecule has 21 N–H and O–H groups in total. The number of aliphatic hydroxyl groups is 10. The van der Waals surface area contributed by atoms with Gasteiger partial charge in [-0.05, 0) is 174 Å². The molecule has 0 bridgehead atoms. The summed E-state index contributed by atoms with van der Waals surface area (Å²) in [5, 5.41) is 110. The standard InChI is InChI=1S/C20H33N4O3PS.C19H31N4O3PS.C16H25N4O3P.2C15H24N5O3P/c1-5-6-7-12-29-20-23-15-13(21)8-10-22-18(15)24(20)19-17(26)16(25)14(27-19)9-11-28(2,3)4;1-5-6-11-28-19-22-14-12(20)7-9-21-17(14)23(19)18-16(25)15(24)13(26-18)8-10-27(2,3)4;1-17-10-5-7-18-15-12(10)19-9-20(15)16-14(22)13(21)11(23-16)6-8-24(2,3)4;1-8-18-13(16)10-14(19-8)20(7-17-10)15-12(22)11(21)9(23-15)5-6-24(2,3)4;1-24(2,3)7-5-9-11(21)12(22)14(23-9)20-13-10(19-15(20)17)8(16)4-6-18-13/h8,10,14,16-17,19,25-26H,2,5-7,9,11-12H2,1,3-4H3,(H2,21,22);7,9,13,15-16,18,24-25H,2,5-6,8,10-11H2,1,3-4H3,(H2,20,21);5,7,9,11,13-14,16,21-22H,2,6,8H2,1,3-4H3,(H,17,18);7,9,11-12,15,21-22H,2,5-6H2,1,3-4H3,(H2,16,18,19);4,6,9,11-12,14,21-22H,1,5,7H2,2-3H3,(H2,16,18)(H2,17,19)/t14-,16-,17-,19?;13-,15-,16-,18?;11-,13-,14-,16?;9-,11-,12-,15?;9-,11-,12-,14?/m11111/s1. The predicted octanol–water partition coefficient (Wildman–Crippen LogP) is 7.58. The van der Waals surface area contributed by atoms with Gasteiger partial charge in [0, 0.05) is 43.3 Å². The van der Waals surface area contributed by atoms with E-state index in [4.69, 9.17) is 52.4 Å². The molecule has 5 fully saturated rings. The number of rotatable bonds is 30. The van der Waals surface area contributed by atoms with E-state index in [2.05, 4.69) is 172 Å². The Kier molecular flexibility index (Phi) is 34.6. The maximum absolute atomic E-state index is 10.8. The van der Waals surface area contributed by atoms with Crippen LogP contribution in [-0.2, 0) is 23.7 Å². The third-order valence-corrected chi connectivity index (χ3v) is 32.3. The average molecular weight is 1930 g/mol. The minimum atomic E-state index is -1.25. The maximum atomic E-state index is 10.8. The van der Waals surface area contributed by atoms with Crippen LogP contribution in [0.4, 0.5) is 34.5 Å². The van der Waals surface area contributed by atoms with Crippen LogP contribution in [0.3, 0.4) is 0 Å². The lowest BCUT2D eigenvalue weighted by Crippen LogP contribution is -2.32. The lowest BCUT2D eigenvalue weighted by Gasteiger charge is -2.20. The van der Waals surface area contributed by atoms with Gasteiger partial charge in [0.15, 0.2) is 75.5 Å². The molecule has 5 aliphatic rings. The highest BCUT2D eigenvalue weighted by molar-refractivity contribution is 7.99. The molecule has 714 valence electrons. The first-order valence-electron chi connectivity index (χ1n) is 43.4. The molecule has 5 aliphatic heterocycles. The molecule has 15 heterocycles. The van der Waals surface area contributed by atoms with Crippen LogP contribution in [0.25, 0.3) is 55.8 Å². The third-order valence-electron chi connectivity index (χ3n) is 22.9. The fourth-order valence-electron chi connectivity index (χ4n) is 15.6. The zero-order valence-electron chi connectivity index (χ0n) is 76.5. The Morgan fingerprint density at radius 1 is 0.372 bits per heavy atom. The molecule has 44 heteroatoms. The number of nitrogens with two attached hydrogens (primary N) is 5. The van der Waals surface area contributed by atoms with Gasteiger partial charge in [0.2, 0.25) is 5.95 Å². The molecule has 0 aliphatic carbocycles. The largest absolute Gasteiger partial charge is 0.397 e. The van der Waals surface area contributed by atoms with E-state index >= 15 is 0 Å². The number of aliphatic hydroxyl groups excluding tert-OH is 10. The van der Waals surface area contributed by atoms with Crippen molar-refractivity contribution in [1.29, 1.82) is 0 Å². The van der Waals surface area contributed by atoms with Crippen LogP contribution in [0, 0.1) is 6.92 Å². The van der Waals surface area contributed by atoms with Crippen LogP contribution in [0.1, 0.15) is 115 Å². The Labute approximate surface area is 763 Å². The number of aromatic nitrogens is 16. The molecule has 10 aromatic rings. The van der Waals surface area contributed by atoms with E-state index < -0.39 is 157 Å². The fourth-order valence-corrected chi connectivity index (χ4v) is 22.5. The van der Waals surface area contributed by atoms with Crippen LogP contribution >= 0.6 is 58.0 Å². The topological polar surface area (TPSA) is 557 Å². The molecule has 0 aromatic carbocycles. The Balaban J connectivity index is 0.000000156. The lowest BCUT2D eigenvalue weighted by molar-refractivity contribution is -0.0400. The minimum Gasteiger partial charge on any atom is -0.397 e. The first-order chi connectivity index (χ1) is 60.6. The average Bonchev–Trinajstić information content (AvgIpc) is 1.56. The van der Waals surface area contributed by atoms with Gasteiger partial charge in [0.25, 0.3) is 0 Å². The van der Waals surface area contributed by atoms with Crippen LogP contribution in [-0.4, -0.2) is 368 Å². The van der Waals surface area contributed by atoms with Gasteiger partial charge in [-0.25, -0.2) is 54.8 Å². The molecule has 20 atom stereocenters. The SMILES string of the molecule is C=P(C)(C)CC[C@H]1OC(n2c(N)nc3c(N)ccnc32)[C@H](O)[C@@H]1O.C=P(C)(C)CC[C@H]1OC(n2c(SCCCC)nc3c(N)ccnc32)[C@H](O)[C@@H]1O.C=P(C)(C)CC[C@H]1OC(n2c(SCCCCC)nc3c(N)ccnc32)[C@H](O)[C@@H]1O.C=P(C)(C)CC[C@H]1OC(n2cnc3c(N)nc(C)nc32)[C@H](O)[C@@H]1O.C=P(C)(C)CC[C@H]1OC(n2cnc3c(NC)ccnc32)[C@H](O)[C@@H]1O. The van der Waals surface area contributed by atoms with E-state index in [1.54, 1.807) is 98.0 Å². The minimum absolute atomic E-state index is 0.136. The Hall–Kier alpha value is -6.57. The molecule has 10 aromatic heterocycles. The molecule has 0 spiro atoms. The number of aryl methyl sites for hydroxylation is 1. The van der Waals surface area contributed by atoms with Crippen molar-refractivity contribution in [2.45, 2.75) is 218 Å². The number of nitrogens with zero attached hydrogens (tertiary/aromatic N) is 16. The number of hydrogen-bond acceptors (Lipinski definition) is 34. The van der Waals surface area contributed by atoms with Gasteiger partial charge >= 0.3 is 0 Å². The van der Waals surface area contributed by atoms with Crippen LogP contribution in [0.15, 0.2) is 72.0 Å². The van der Waals surface area contributed by atoms with Gasteiger partial charge in [0.05, 0.1) is 65.9 Å². The first-order valence-corrected chi connectivity index (χ1v) is 60.7. The van der Waals surface area contributed by atoms with Gasteiger partial charge in [0.1, 0.15) is 94.4 Å². The second kappa shape index (κ2) is 43.4. The molecular formula is C85H137N22O15P5S2. The summed E-state index contributed by atoms with van der Waals surface area (Å²) in [7, 11) is 1.82. The lowest BCUT2D eigenvalue weighted by atomic mass is 10.1. The van der Waals surface area contributed by atoms with E-state index in [-0.39, 0.29) is 11.8 Å². The first kappa shape index (κ1) is 103. The molecule has 0 saturated carbocycles. The molecule has 5 saturated heterocycles. The zero-order valence-corrected chi connectivity index (χ0v) is 82.6. The number of fused-ring (bicyclic) bond motifs is 5. The third kappa shape index (κ3) is 25.1. The smallest absolute Gasteiger partial charge is 0.204 e. The summed E-state index contributed by atoms with van der Waals surface area (Å²) in [6.45, 7) is 21.3. The van der Waals surface area contributed by atoms with Gasteiger partial charge in [-0.2, -0.15) is 0 Å². The number of nitrogen functional groups attached to an aromatic ring is 5. The van der Waals surface area contributed by atoms with Gasteiger partial charge in [-0.15, -0.1) is 65.9 Å². The van der Waals surface area contributed by atoms with Crippen molar-refractivity contribution in [3.63, 3.8) is 0 Å². The van der Waals surface area contributed by atoms with Crippen molar-refractivity contribution < 1.29 is 74.7 Å². The molecular weight excluding hydrogens is 1790 g/mol. The summed E-state index contributed by atoms with van der Waals surface area (Å²) in [4.78, 5) is 48.0. The number of anilines is 6. The summed E-state index contributed by atoms with van der Waals surface area (Å²) in [5.74, 6) is 2.73. The van der Waals surface area contributed by atoms with Crippen molar-refractivity contribution in [3.8, 4) is 0 Å². The van der Waals surface area contributed by atoms with Crippen molar-refractivity contribution in [1.82, 2.24) is 77.7 Å². The predicted molar refractivity (Wildman–Crippen MR) is 534 cm³/mol.